The zero-order valence-electron chi connectivity index (χ0n) is 12.4. The van der Waals surface area contributed by atoms with E-state index in [1.54, 1.807) is 7.11 Å². The van der Waals surface area contributed by atoms with Crippen LogP contribution >= 0.6 is 0 Å². The largest absolute Gasteiger partial charge is 0.377 e. The van der Waals surface area contributed by atoms with Crippen molar-refractivity contribution in [1.29, 1.82) is 0 Å². The van der Waals surface area contributed by atoms with Crippen LogP contribution in [0.4, 0.5) is 0 Å². The zero-order chi connectivity index (χ0) is 14.9. The van der Waals surface area contributed by atoms with Crippen molar-refractivity contribution in [2.24, 2.45) is 4.99 Å². The molecule has 0 aliphatic rings. The van der Waals surface area contributed by atoms with Gasteiger partial charge in [-0.3, -0.25) is 4.99 Å². The van der Waals surface area contributed by atoms with Gasteiger partial charge in [0, 0.05) is 26.7 Å². The maximum absolute atomic E-state index is 10.9. The van der Waals surface area contributed by atoms with Crippen molar-refractivity contribution in [3.63, 3.8) is 0 Å². The number of guanidine groups is 1. The van der Waals surface area contributed by atoms with E-state index in [0.717, 1.165) is 12.8 Å². The maximum Gasteiger partial charge on any atom is 0.208 e. The average Bonchev–Trinajstić information content (AvgIpc) is 2.30. The van der Waals surface area contributed by atoms with Crippen LogP contribution in [0.25, 0.3) is 0 Å². The van der Waals surface area contributed by atoms with E-state index in [1.165, 1.54) is 0 Å². The van der Waals surface area contributed by atoms with E-state index in [4.69, 9.17) is 4.74 Å². The Morgan fingerprint density at radius 2 is 1.89 bits per heavy atom. The van der Waals surface area contributed by atoms with E-state index in [2.05, 4.69) is 20.3 Å². The van der Waals surface area contributed by atoms with E-state index in [1.807, 2.05) is 20.8 Å². The lowest BCUT2D eigenvalue weighted by molar-refractivity contribution is 0.0310. The molecule has 0 aromatic heterocycles. The molecule has 0 rings (SSSR count). The van der Waals surface area contributed by atoms with Crippen LogP contribution in [0, 0.1) is 0 Å². The van der Waals surface area contributed by atoms with Crippen LogP contribution in [0.5, 0.6) is 0 Å². The third kappa shape index (κ3) is 10.7. The summed E-state index contributed by atoms with van der Waals surface area (Å²) in [6.45, 7) is 7.89. The highest BCUT2D eigenvalue weighted by atomic mass is 32.2. The van der Waals surface area contributed by atoms with Gasteiger partial charge in [0.15, 0.2) is 5.96 Å². The summed E-state index contributed by atoms with van der Waals surface area (Å²) < 4.78 is 29.5. The van der Waals surface area contributed by atoms with Gasteiger partial charge in [0.05, 0.1) is 18.4 Å². The summed E-state index contributed by atoms with van der Waals surface area (Å²) in [5, 5.41) is 6.13. The molecule has 7 nitrogen and oxygen atoms in total. The van der Waals surface area contributed by atoms with Gasteiger partial charge >= 0.3 is 0 Å². The highest BCUT2D eigenvalue weighted by Gasteiger charge is 2.15. The Morgan fingerprint density at radius 1 is 1.26 bits per heavy atom. The molecule has 0 unspecified atom stereocenters. The molecule has 0 heterocycles. The average molecular weight is 294 g/mol. The molecule has 0 saturated heterocycles. The van der Waals surface area contributed by atoms with Gasteiger partial charge in [0.2, 0.25) is 10.0 Å². The van der Waals surface area contributed by atoms with Crippen molar-refractivity contribution in [2.45, 2.75) is 26.4 Å². The van der Waals surface area contributed by atoms with Crippen LogP contribution in [-0.2, 0) is 14.8 Å². The van der Waals surface area contributed by atoms with Crippen molar-refractivity contribution >= 4 is 16.0 Å². The lowest BCUT2D eigenvalue weighted by Crippen LogP contribution is -2.42. The van der Waals surface area contributed by atoms with Gasteiger partial charge in [-0.1, -0.05) is 0 Å². The molecule has 0 aromatic rings. The van der Waals surface area contributed by atoms with Gasteiger partial charge in [0.1, 0.15) is 0 Å². The Balaban J connectivity index is 4.22. The first-order valence-corrected chi connectivity index (χ1v) is 8.11. The summed E-state index contributed by atoms with van der Waals surface area (Å²) in [5.74, 6) is 0.642. The summed E-state index contributed by atoms with van der Waals surface area (Å²) in [6.07, 6.45) is 1.13. The van der Waals surface area contributed by atoms with Crippen LogP contribution in [0.3, 0.4) is 0 Å². The smallest absolute Gasteiger partial charge is 0.208 e. The van der Waals surface area contributed by atoms with Crippen LogP contribution < -0.4 is 15.4 Å². The molecule has 0 bridgehead atoms. The first-order chi connectivity index (χ1) is 8.70. The number of hydrogen-bond acceptors (Lipinski definition) is 4. The number of rotatable bonds is 8. The third-order valence-electron chi connectivity index (χ3n) is 2.30. The van der Waals surface area contributed by atoms with E-state index >= 15 is 0 Å². The highest BCUT2D eigenvalue weighted by Crippen LogP contribution is 2.06. The van der Waals surface area contributed by atoms with E-state index < -0.39 is 10.0 Å². The molecule has 0 amide bonds. The second-order valence-electron chi connectivity index (χ2n) is 4.75. The molecular weight excluding hydrogens is 268 g/mol. The molecule has 0 saturated carbocycles. The molecule has 3 N–H and O–H groups in total. The van der Waals surface area contributed by atoms with E-state index in [0.29, 0.717) is 25.6 Å². The molecule has 0 aliphatic carbocycles. The molecule has 0 aliphatic heterocycles. The van der Waals surface area contributed by atoms with Gasteiger partial charge in [-0.05, 0) is 20.8 Å². The molecule has 19 heavy (non-hydrogen) atoms. The number of methoxy groups -OCH3 is 1. The van der Waals surface area contributed by atoms with Gasteiger partial charge in [0.25, 0.3) is 0 Å². The molecule has 0 spiro atoms. The Labute approximate surface area is 116 Å². The van der Waals surface area contributed by atoms with Crippen molar-refractivity contribution in [2.75, 3.05) is 39.5 Å². The monoisotopic (exact) mass is 294 g/mol. The van der Waals surface area contributed by atoms with E-state index in [9.17, 15) is 8.42 Å². The number of nitrogens with zero attached hydrogens (tertiary/aromatic N) is 1. The van der Waals surface area contributed by atoms with Crippen molar-refractivity contribution in [1.82, 2.24) is 15.4 Å². The fourth-order valence-corrected chi connectivity index (χ4v) is 1.57. The maximum atomic E-state index is 10.9. The van der Waals surface area contributed by atoms with Crippen LogP contribution in [0.15, 0.2) is 4.99 Å². The number of aliphatic imine (C=N–C) groups is 1. The second kappa shape index (κ2) is 8.34. The lowest BCUT2D eigenvalue weighted by Gasteiger charge is -2.21. The van der Waals surface area contributed by atoms with Crippen molar-refractivity contribution in [3.8, 4) is 0 Å². The quantitative estimate of drug-likeness (QED) is 0.319. The van der Waals surface area contributed by atoms with E-state index in [-0.39, 0.29) is 5.60 Å². The molecule has 8 heteroatoms. The van der Waals surface area contributed by atoms with Crippen molar-refractivity contribution < 1.29 is 13.2 Å². The van der Waals surface area contributed by atoms with Gasteiger partial charge < -0.3 is 15.4 Å². The van der Waals surface area contributed by atoms with Gasteiger partial charge in [-0.25, -0.2) is 13.1 Å². The zero-order valence-corrected chi connectivity index (χ0v) is 13.2. The van der Waals surface area contributed by atoms with Crippen LogP contribution in [0.1, 0.15) is 20.8 Å². The summed E-state index contributed by atoms with van der Waals surface area (Å²) >= 11 is 0. The number of hydrogen-bond donors (Lipinski definition) is 3. The minimum atomic E-state index is -3.14. The number of ether oxygens (including phenoxy) is 1. The van der Waals surface area contributed by atoms with Crippen LogP contribution in [0.2, 0.25) is 0 Å². The van der Waals surface area contributed by atoms with Crippen LogP contribution in [-0.4, -0.2) is 59.5 Å². The van der Waals surface area contributed by atoms with Crippen molar-refractivity contribution in [3.05, 3.63) is 0 Å². The Kier molecular flexibility index (Phi) is 7.96. The first kappa shape index (κ1) is 18.1. The van der Waals surface area contributed by atoms with Gasteiger partial charge in [-0.15, -0.1) is 0 Å². The minimum absolute atomic E-state index is 0.316. The molecule has 0 radical (unpaired) electrons. The normalized spacial score (nSPS) is 13.4. The fraction of sp³-hybridized carbons (Fsp3) is 0.909. The fourth-order valence-electron chi connectivity index (χ4n) is 1.09. The number of sulfonamides is 1. The second-order valence-corrected chi connectivity index (χ2v) is 6.59. The predicted octanol–water partition coefficient (Wildman–Crippen LogP) is -0.484. The predicted molar refractivity (Wildman–Crippen MR) is 77.9 cm³/mol. The molecule has 114 valence electrons. The SMILES string of the molecule is CCNC(=NCC(C)(C)OC)NCCNS(C)(=O)=O. The third-order valence-corrected chi connectivity index (χ3v) is 3.02. The summed E-state index contributed by atoms with van der Waals surface area (Å²) in [6, 6.07) is 0. The summed E-state index contributed by atoms with van der Waals surface area (Å²) in [5.41, 5.74) is -0.326. The lowest BCUT2D eigenvalue weighted by atomic mass is 10.1. The number of nitrogens with one attached hydrogen (secondary N) is 3. The molecule has 0 atom stereocenters. The highest BCUT2D eigenvalue weighted by molar-refractivity contribution is 7.88. The minimum Gasteiger partial charge on any atom is -0.377 e. The Hall–Kier alpha value is -0.860. The first-order valence-electron chi connectivity index (χ1n) is 6.22. The molecule has 0 fully saturated rings. The molecular formula is C11H26N4O3S. The Bertz CT molecular complexity index is 379. The molecule has 0 aromatic carbocycles. The standard InChI is InChI=1S/C11H26N4O3S/c1-6-12-10(14-9-11(2,3)18-4)13-7-8-15-19(5,16)17/h15H,6-9H2,1-5H3,(H2,12,13,14). The summed E-state index contributed by atoms with van der Waals surface area (Å²) in [4.78, 5) is 4.38. The Morgan fingerprint density at radius 3 is 2.37 bits per heavy atom. The summed E-state index contributed by atoms with van der Waals surface area (Å²) in [7, 11) is -1.50. The topological polar surface area (TPSA) is 91.8 Å². The van der Waals surface area contributed by atoms with Gasteiger partial charge in [-0.2, -0.15) is 0 Å².